The van der Waals surface area contributed by atoms with E-state index in [2.05, 4.69) is 9.97 Å². The second-order valence-electron chi connectivity index (χ2n) is 8.26. The highest BCUT2D eigenvalue weighted by molar-refractivity contribution is 5.73. The normalized spacial score (nSPS) is 19.4. The van der Waals surface area contributed by atoms with Crippen LogP contribution in [0.15, 0.2) is 9.59 Å². The molecule has 2 unspecified atom stereocenters. The van der Waals surface area contributed by atoms with Crippen LogP contribution >= 0.6 is 0 Å². The highest BCUT2D eigenvalue weighted by atomic mass is 19.4. The number of ether oxygens (including phenoxy) is 1. The van der Waals surface area contributed by atoms with Crippen LogP contribution < -0.4 is 11.2 Å². The molecule has 0 aromatic carbocycles. The summed E-state index contributed by atoms with van der Waals surface area (Å²) in [5.41, 5.74) is -0.784. The summed E-state index contributed by atoms with van der Waals surface area (Å²) in [6.45, 7) is 4.23. The lowest BCUT2D eigenvalue weighted by molar-refractivity contribution is -0.205. The maximum Gasteiger partial charge on any atom is 0.392 e. The Morgan fingerprint density at radius 3 is 2.50 bits per heavy atom. The van der Waals surface area contributed by atoms with E-state index in [1.807, 2.05) is 13.8 Å². The van der Waals surface area contributed by atoms with Gasteiger partial charge < -0.3 is 9.30 Å². The van der Waals surface area contributed by atoms with E-state index in [-0.39, 0.29) is 36.4 Å². The van der Waals surface area contributed by atoms with Gasteiger partial charge in [-0.25, -0.2) is 9.78 Å². The molecule has 2 aromatic heterocycles. The largest absolute Gasteiger partial charge is 0.457 e. The standard InChI is InChI=1S/C21H29F3N4O4/c1-3-5-11-28-17-16(18(29)26-20(28)31)27(10-4-2)15(25-17)12-32-19(30)13-8-6-7-9-14(13)21(22,23)24/h13-14H,3-12H2,1-2H3,(H,26,29,31). The van der Waals surface area contributed by atoms with Gasteiger partial charge in [0.1, 0.15) is 12.4 Å². The number of unbranched alkanes of at least 4 members (excludes halogenated alkanes) is 1. The van der Waals surface area contributed by atoms with Crippen molar-refractivity contribution in [3.8, 4) is 0 Å². The van der Waals surface area contributed by atoms with Gasteiger partial charge in [-0.2, -0.15) is 13.2 Å². The second kappa shape index (κ2) is 9.91. The molecule has 1 saturated carbocycles. The van der Waals surface area contributed by atoms with Crippen molar-refractivity contribution in [1.82, 2.24) is 19.1 Å². The Morgan fingerprint density at radius 1 is 1.12 bits per heavy atom. The summed E-state index contributed by atoms with van der Waals surface area (Å²) in [6.07, 6.45) is -1.28. The molecule has 0 aliphatic heterocycles. The molecule has 1 aliphatic carbocycles. The van der Waals surface area contributed by atoms with E-state index in [4.69, 9.17) is 4.74 Å². The number of imidazole rings is 1. The van der Waals surface area contributed by atoms with E-state index in [1.54, 1.807) is 4.57 Å². The quantitative estimate of drug-likeness (QED) is 0.611. The number of carbonyl (C=O) groups excluding carboxylic acids is 1. The van der Waals surface area contributed by atoms with Crippen LogP contribution in [0.4, 0.5) is 13.2 Å². The van der Waals surface area contributed by atoms with Crippen molar-refractivity contribution in [2.75, 3.05) is 0 Å². The highest BCUT2D eigenvalue weighted by Gasteiger charge is 2.48. The summed E-state index contributed by atoms with van der Waals surface area (Å²) in [5.74, 6) is -3.62. The molecule has 8 nitrogen and oxygen atoms in total. The fourth-order valence-electron chi connectivity index (χ4n) is 4.36. The van der Waals surface area contributed by atoms with Crippen LogP contribution in [0.3, 0.4) is 0 Å². The number of nitrogens with zero attached hydrogens (tertiary/aromatic N) is 3. The van der Waals surface area contributed by atoms with E-state index >= 15 is 0 Å². The van der Waals surface area contributed by atoms with E-state index in [0.29, 0.717) is 38.8 Å². The first-order valence-electron chi connectivity index (χ1n) is 11.1. The number of aromatic amines is 1. The number of rotatable bonds is 8. The predicted octanol–water partition coefficient (Wildman–Crippen LogP) is 3.51. The molecule has 2 atom stereocenters. The van der Waals surface area contributed by atoms with Crippen LogP contribution in [0.2, 0.25) is 0 Å². The zero-order valence-corrected chi connectivity index (χ0v) is 18.3. The minimum atomic E-state index is -4.46. The number of esters is 1. The van der Waals surface area contributed by atoms with Gasteiger partial charge in [-0.15, -0.1) is 0 Å². The average Bonchev–Trinajstić information content (AvgIpc) is 3.10. The molecular weight excluding hydrogens is 429 g/mol. The van der Waals surface area contributed by atoms with E-state index in [9.17, 15) is 27.6 Å². The molecule has 1 N–H and O–H groups in total. The third-order valence-corrected chi connectivity index (χ3v) is 5.98. The fraction of sp³-hybridized carbons (Fsp3) is 0.714. The minimum Gasteiger partial charge on any atom is -0.457 e. The van der Waals surface area contributed by atoms with Crippen LogP contribution in [0.5, 0.6) is 0 Å². The average molecular weight is 458 g/mol. The second-order valence-corrected chi connectivity index (χ2v) is 8.26. The smallest absolute Gasteiger partial charge is 0.392 e. The van der Waals surface area contributed by atoms with Crippen molar-refractivity contribution >= 4 is 17.1 Å². The molecule has 0 saturated heterocycles. The van der Waals surface area contributed by atoms with Crippen LogP contribution in [0, 0.1) is 11.8 Å². The van der Waals surface area contributed by atoms with Gasteiger partial charge in [0.15, 0.2) is 11.2 Å². The molecular formula is C21H29F3N4O4. The molecule has 11 heteroatoms. The monoisotopic (exact) mass is 458 g/mol. The topological polar surface area (TPSA) is 99.0 Å². The predicted molar refractivity (Wildman–Crippen MR) is 111 cm³/mol. The number of fused-ring (bicyclic) bond motifs is 1. The van der Waals surface area contributed by atoms with Crippen molar-refractivity contribution < 1.29 is 22.7 Å². The van der Waals surface area contributed by atoms with E-state index < -0.39 is 35.2 Å². The zero-order valence-electron chi connectivity index (χ0n) is 18.3. The SMILES string of the molecule is CCCCn1c(=O)[nH]c(=O)c2c1nc(COC(=O)C1CCCCC1C(F)(F)F)n2CCC. The third kappa shape index (κ3) is 4.91. The Kier molecular flexibility index (Phi) is 7.45. The Balaban J connectivity index is 1.92. The van der Waals surface area contributed by atoms with Crippen LogP contribution in [0.25, 0.3) is 11.2 Å². The number of carbonyl (C=O) groups is 1. The number of aryl methyl sites for hydroxylation is 2. The number of hydrogen-bond acceptors (Lipinski definition) is 5. The zero-order chi connectivity index (χ0) is 23.5. The number of aromatic nitrogens is 4. The van der Waals surface area contributed by atoms with Crippen LogP contribution in [-0.2, 0) is 29.2 Å². The van der Waals surface area contributed by atoms with E-state index in [1.165, 1.54) is 4.57 Å². The number of H-pyrrole nitrogens is 1. The van der Waals surface area contributed by atoms with Crippen molar-refractivity contribution in [1.29, 1.82) is 0 Å². The maximum atomic E-state index is 13.4. The first-order valence-corrected chi connectivity index (χ1v) is 11.1. The first-order chi connectivity index (χ1) is 15.2. The summed E-state index contributed by atoms with van der Waals surface area (Å²) in [4.78, 5) is 44.1. The lowest BCUT2D eigenvalue weighted by Gasteiger charge is -2.31. The molecule has 0 amide bonds. The highest BCUT2D eigenvalue weighted by Crippen LogP contribution is 2.42. The number of alkyl halides is 3. The molecule has 0 radical (unpaired) electrons. The van der Waals surface area contributed by atoms with Crippen LogP contribution in [-0.4, -0.2) is 31.2 Å². The summed E-state index contributed by atoms with van der Waals surface area (Å²) < 4.78 is 48.3. The van der Waals surface area contributed by atoms with Crippen molar-refractivity contribution in [2.45, 2.75) is 84.7 Å². The number of halogens is 3. The maximum absolute atomic E-state index is 13.4. The molecule has 2 heterocycles. The Bertz CT molecular complexity index is 1070. The summed E-state index contributed by atoms with van der Waals surface area (Å²) in [6, 6.07) is 0. The van der Waals surface area contributed by atoms with Gasteiger partial charge in [-0.05, 0) is 25.7 Å². The lowest BCUT2D eigenvalue weighted by Crippen LogP contribution is -2.38. The molecule has 32 heavy (non-hydrogen) atoms. The Labute approximate surface area is 182 Å². The van der Waals surface area contributed by atoms with Crippen LogP contribution in [0.1, 0.15) is 64.6 Å². The van der Waals surface area contributed by atoms with Gasteiger partial charge in [0.25, 0.3) is 5.56 Å². The fourth-order valence-corrected chi connectivity index (χ4v) is 4.36. The van der Waals surface area contributed by atoms with Gasteiger partial charge in [-0.1, -0.05) is 33.1 Å². The van der Waals surface area contributed by atoms with E-state index in [0.717, 1.165) is 6.42 Å². The minimum absolute atomic E-state index is 0.0866. The third-order valence-electron chi connectivity index (χ3n) is 5.98. The Morgan fingerprint density at radius 2 is 1.84 bits per heavy atom. The summed E-state index contributed by atoms with van der Waals surface area (Å²) in [5, 5.41) is 0. The molecule has 178 valence electrons. The molecule has 0 spiro atoms. The van der Waals surface area contributed by atoms with Crippen molar-refractivity contribution in [3.05, 3.63) is 26.7 Å². The first kappa shape index (κ1) is 24.1. The molecule has 1 fully saturated rings. The molecule has 1 aliphatic rings. The summed E-state index contributed by atoms with van der Waals surface area (Å²) >= 11 is 0. The van der Waals surface area contributed by atoms with Gasteiger partial charge in [0.2, 0.25) is 0 Å². The molecule has 0 bridgehead atoms. The van der Waals surface area contributed by atoms with Gasteiger partial charge in [-0.3, -0.25) is 19.1 Å². The molecule has 3 rings (SSSR count). The van der Waals surface area contributed by atoms with Crippen molar-refractivity contribution in [2.24, 2.45) is 11.8 Å². The number of hydrogen-bond donors (Lipinski definition) is 1. The Hall–Kier alpha value is -2.59. The van der Waals surface area contributed by atoms with Gasteiger partial charge in [0, 0.05) is 13.1 Å². The lowest BCUT2D eigenvalue weighted by atomic mass is 9.79. The van der Waals surface area contributed by atoms with Gasteiger partial charge in [0.05, 0.1) is 11.8 Å². The molecule has 2 aromatic rings. The number of nitrogens with one attached hydrogen (secondary N) is 1. The van der Waals surface area contributed by atoms with Gasteiger partial charge >= 0.3 is 17.8 Å². The van der Waals surface area contributed by atoms with Crippen molar-refractivity contribution in [3.63, 3.8) is 0 Å². The summed E-state index contributed by atoms with van der Waals surface area (Å²) in [7, 11) is 0.